The quantitative estimate of drug-likeness (QED) is 0.649. The highest BCUT2D eigenvalue weighted by Crippen LogP contribution is 2.08. The molecule has 0 saturated carbocycles. The van der Waals surface area contributed by atoms with Gasteiger partial charge in [0.15, 0.2) is 0 Å². The Kier molecular flexibility index (Phi) is 6.25. The van der Waals surface area contributed by atoms with Crippen LogP contribution >= 0.6 is 15.9 Å². The Balaban J connectivity index is 2.58. The molecule has 0 saturated heterocycles. The lowest BCUT2D eigenvalue weighted by Crippen LogP contribution is -2.26. The fourth-order valence-corrected chi connectivity index (χ4v) is 1.98. The van der Waals surface area contributed by atoms with Crippen molar-refractivity contribution >= 4 is 21.8 Å². The van der Waals surface area contributed by atoms with Crippen LogP contribution in [0.1, 0.15) is 48.4 Å². The highest BCUT2D eigenvalue weighted by Gasteiger charge is 2.12. The second-order valence-corrected chi connectivity index (χ2v) is 5.94. The molecule has 0 aromatic carbocycles. The van der Waals surface area contributed by atoms with E-state index in [1.165, 1.54) is 0 Å². The number of halogens is 1. The number of aryl methyl sites for hydroxylation is 2. The van der Waals surface area contributed by atoms with Gasteiger partial charge in [-0.1, -0.05) is 29.8 Å². The predicted molar refractivity (Wildman–Crippen MR) is 76.1 cm³/mol. The van der Waals surface area contributed by atoms with E-state index in [1.807, 2.05) is 13.8 Å². The molecule has 18 heavy (non-hydrogen) atoms. The van der Waals surface area contributed by atoms with Gasteiger partial charge in [-0.3, -0.25) is 4.79 Å². The average molecular weight is 314 g/mol. The number of carbonyl (C=O) groups is 1. The third kappa shape index (κ3) is 4.72. The third-order valence-electron chi connectivity index (χ3n) is 2.64. The van der Waals surface area contributed by atoms with Crippen molar-refractivity contribution in [2.45, 2.75) is 44.9 Å². The molecule has 1 atom stereocenters. The lowest BCUT2D eigenvalue weighted by atomic mass is 10.1. The van der Waals surface area contributed by atoms with Crippen LogP contribution in [0.15, 0.2) is 6.07 Å². The number of alkyl halides is 1. The molecule has 0 aliphatic rings. The highest BCUT2D eigenvalue weighted by atomic mass is 79.9. The Morgan fingerprint density at radius 2 is 2.22 bits per heavy atom. The Bertz CT molecular complexity index is 407. The summed E-state index contributed by atoms with van der Waals surface area (Å²) in [5, 5.41) is 11.0. The first-order valence-corrected chi connectivity index (χ1v) is 7.21. The van der Waals surface area contributed by atoms with E-state index in [0.29, 0.717) is 23.4 Å². The summed E-state index contributed by atoms with van der Waals surface area (Å²) >= 11 is 3.49. The molecule has 1 amide bonds. The van der Waals surface area contributed by atoms with E-state index in [4.69, 9.17) is 0 Å². The van der Waals surface area contributed by atoms with Crippen molar-refractivity contribution in [1.29, 1.82) is 0 Å². The van der Waals surface area contributed by atoms with Gasteiger partial charge < -0.3 is 5.32 Å². The van der Waals surface area contributed by atoms with E-state index < -0.39 is 0 Å². The molecule has 1 heterocycles. The maximum absolute atomic E-state index is 12.0. The number of rotatable bonds is 6. The average Bonchev–Trinajstić information content (AvgIpc) is 2.34. The van der Waals surface area contributed by atoms with Gasteiger partial charge in [0.25, 0.3) is 5.91 Å². The summed E-state index contributed by atoms with van der Waals surface area (Å²) in [6.45, 7) is 6.62. The van der Waals surface area contributed by atoms with Crippen LogP contribution in [0.4, 0.5) is 0 Å². The number of nitrogens with zero attached hydrogens (tertiary/aromatic N) is 2. The minimum atomic E-state index is -0.0490. The van der Waals surface area contributed by atoms with Crippen molar-refractivity contribution in [3.63, 3.8) is 0 Å². The standard InChI is InChI=1S/C13H20BrN3O/c1-4-12-11(8-10(3)16-17-12)13(18)15-7-5-6-9(2)14/h8-9H,4-7H2,1-3H3,(H,15,18). The summed E-state index contributed by atoms with van der Waals surface area (Å²) in [5.41, 5.74) is 2.18. The zero-order valence-electron chi connectivity index (χ0n) is 11.2. The molecule has 1 unspecified atom stereocenters. The third-order valence-corrected chi connectivity index (χ3v) is 3.09. The van der Waals surface area contributed by atoms with Crippen LogP contribution < -0.4 is 5.32 Å². The summed E-state index contributed by atoms with van der Waals surface area (Å²) in [5.74, 6) is -0.0490. The normalized spacial score (nSPS) is 12.2. The van der Waals surface area contributed by atoms with Gasteiger partial charge in [0, 0.05) is 11.4 Å². The highest BCUT2D eigenvalue weighted by molar-refractivity contribution is 9.09. The van der Waals surface area contributed by atoms with Crippen molar-refractivity contribution in [3.8, 4) is 0 Å². The largest absolute Gasteiger partial charge is 0.352 e. The lowest BCUT2D eigenvalue weighted by molar-refractivity contribution is 0.0951. The number of aromatic nitrogens is 2. The zero-order valence-corrected chi connectivity index (χ0v) is 12.7. The molecule has 1 rings (SSSR count). The first kappa shape index (κ1) is 15.1. The Labute approximate surface area is 117 Å². The second-order valence-electron chi connectivity index (χ2n) is 4.38. The van der Waals surface area contributed by atoms with Crippen LogP contribution in [0.25, 0.3) is 0 Å². The van der Waals surface area contributed by atoms with Gasteiger partial charge in [-0.25, -0.2) is 0 Å². The molecule has 0 aliphatic heterocycles. The first-order valence-electron chi connectivity index (χ1n) is 6.30. The zero-order chi connectivity index (χ0) is 13.5. The maximum atomic E-state index is 12.0. The Morgan fingerprint density at radius 3 is 2.83 bits per heavy atom. The van der Waals surface area contributed by atoms with Gasteiger partial charge in [0.2, 0.25) is 0 Å². The second kappa shape index (κ2) is 7.46. The molecule has 0 spiro atoms. The Morgan fingerprint density at radius 1 is 1.50 bits per heavy atom. The summed E-state index contributed by atoms with van der Waals surface area (Å²) in [4.78, 5) is 12.5. The Hall–Kier alpha value is -0.970. The van der Waals surface area contributed by atoms with Crippen molar-refractivity contribution in [2.75, 3.05) is 6.54 Å². The molecule has 0 fully saturated rings. The van der Waals surface area contributed by atoms with Crippen molar-refractivity contribution in [1.82, 2.24) is 15.5 Å². The van der Waals surface area contributed by atoms with E-state index in [9.17, 15) is 4.79 Å². The number of hydrogen-bond donors (Lipinski definition) is 1. The molecular formula is C13H20BrN3O. The van der Waals surface area contributed by atoms with E-state index in [2.05, 4.69) is 38.4 Å². The molecule has 100 valence electrons. The molecule has 0 radical (unpaired) electrons. The van der Waals surface area contributed by atoms with Gasteiger partial charge >= 0.3 is 0 Å². The van der Waals surface area contributed by atoms with E-state index in [0.717, 1.165) is 24.2 Å². The van der Waals surface area contributed by atoms with Gasteiger partial charge in [0.1, 0.15) is 0 Å². The molecule has 5 heteroatoms. The molecule has 0 bridgehead atoms. The van der Waals surface area contributed by atoms with E-state index >= 15 is 0 Å². The fourth-order valence-electron chi connectivity index (χ4n) is 1.65. The molecule has 1 aromatic heterocycles. The van der Waals surface area contributed by atoms with E-state index in [1.54, 1.807) is 6.07 Å². The van der Waals surface area contributed by atoms with Gasteiger partial charge in [0.05, 0.1) is 17.0 Å². The SMILES string of the molecule is CCc1nnc(C)cc1C(=O)NCCCC(C)Br. The number of amides is 1. The van der Waals surface area contributed by atoms with Crippen molar-refractivity contribution in [3.05, 3.63) is 23.0 Å². The lowest BCUT2D eigenvalue weighted by Gasteiger charge is -2.09. The number of hydrogen-bond acceptors (Lipinski definition) is 3. The molecule has 4 nitrogen and oxygen atoms in total. The monoisotopic (exact) mass is 313 g/mol. The molecule has 1 aromatic rings. The smallest absolute Gasteiger partial charge is 0.253 e. The summed E-state index contributed by atoms with van der Waals surface area (Å²) in [6.07, 6.45) is 2.74. The minimum Gasteiger partial charge on any atom is -0.352 e. The summed E-state index contributed by atoms with van der Waals surface area (Å²) in [6, 6.07) is 1.80. The fraction of sp³-hybridized carbons (Fsp3) is 0.615. The van der Waals surface area contributed by atoms with Gasteiger partial charge in [-0.15, -0.1) is 0 Å². The molecular weight excluding hydrogens is 294 g/mol. The topological polar surface area (TPSA) is 54.9 Å². The van der Waals surface area contributed by atoms with Crippen molar-refractivity contribution in [2.24, 2.45) is 0 Å². The van der Waals surface area contributed by atoms with Gasteiger partial charge in [-0.05, 0) is 32.3 Å². The van der Waals surface area contributed by atoms with Gasteiger partial charge in [-0.2, -0.15) is 10.2 Å². The molecule has 0 aliphatic carbocycles. The van der Waals surface area contributed by atoms with Crippen LogP contribution in [-0.2, 0) is 6.42 Å². The summed E-state index contributed by atoms with van der Waals surface area (Å²) < 4.78 is 0. The summed E-state index contributed by atoms with van der Waals surface area (Å²) in [7, 11) is 0. The molecule has 1 N–H and O–H groups in total. The number of carbonyl (C=O) groups excluding carboxylic acids is 1. The maximum Gasteiger partial charge on any atom is 0.253 e. The minimum absolute atomic E-state index is 0.0490. The first-order chi connectivity index (χ1) is 8.54. The van der Waals surface area contributed by atoms with Crippen LogP contribution in [0.2, 0.25) is 0 Å². The van der Waals surface area contributed by atoms with Crippen LogP contribution in [-0.4, -0.2) is 27.5 Å². The van der Waals surface area contributed by atoms with Crippen LogP contribution in [0.5, 0.6) is 0 Å². The number of nitrogens with one attached hydrogen (secondary N) is 1. The van der Waals surface area contributed by atoms with E-state index in [-0.39, 0.29) is 5.91 Å². The van der Waals surface area contributed by atoms with Crippen LogP contribution in [0, 0.1) is 6.92 Å². The predicted octanol–water partition coefficient (Wildman–Crippen LogP) is 2.64. The van der Waals surface area contributed by atoms with Crippen molar-refractivity contribution < 1.29 is 4.79 Å². The van der Waals surface area contributed by atoms with Crippen LogP contribution in [0.3, 0.4) is 0 Å².